The summed E-state index contributed by atoms with van der Waals surface area (Å²) in [5.41, 5.74) is 1.35. The Bertz CT molecular complexity index is 296. The Kier molecular flexibility index (Phi) is 5.37. The summed E-state index contributed by atoms with van der Waals surface area (Å²) in [5.74, 6) is 1.53. The van der Waals surface area contributed by atoms with Gasteiger partial charge in [-0.1, -0.05) is 6.92 Å². The summed E-state index contributed by atoms with van der Waals surface area (Å²) < 4.78 is 11.1. The van der Waals surface area contributed by atoms with Crippen molar-refractivity contribution in [2.24, 2.45) is 0 Å². The van der Waals surface area contributed by atoms with Crippen molar-refractivity contribution in [2.75, 3.05) is 18.1 Å². The lowest BCUT2D eigenvalue weighted by molar-refractivity contribution is 0.674. The highest BCUT2D eigenvalue weighted by molar-refractivity contribution is 7.84. The minimum absolute atomic E-state index is 0.640. The van der Waals surface area contributed by atoms with Crippen LogP contribution in [-0.4, -0.2) is 22.3 Å². The molecule has 1 atom stereocenters. The van der Waals surface area contributed by atoms with Gasteiger partial charge in [-0.3, -0.25) is 4.21 Å². The van der Waals surface area contributed by atoms with E-state index in [-0.39, 0.29) is 0 Å². The molecule has 0 aliphatic heterocycles. The van der Waals surface area contributed by atoms with Gasteiger partial charge >= 0.3 is 0 Å². The molecule has 0 fully saturated rings. The van der Waals surface area contributed by atoms with Crippen LogP contribution in [0.15, 0.2) is 11.4 Å². The van der Waals surface area contributed by atoms with Crippen molar-refractivity contribution in [2.45, 2.75) is 20.4 Å². The first kappa shape index (κ1) is 11.9. The van der Waals surface area contributed by atoms with Crippen molar-refractivity contribution in [1.82, 2.24) is 5.32 Å². The molecule has 1 heterocycles. The largest absolute Gasteiger partial charge is 0.311 e. The van der Waals surface area contributed by atoms with Crippen molar-refractivity contribution >= 4 is 22.1 Å². The summed E-state index contributed by atoms with van der Waals surface area (Å²) in [4.78, 5) is 1.38. The van der Waals surface area contributed by atoms with Gasteiger partial charge in [-0.25, -0.2) is 0 Å². The van der Waals surface area contributed by atoms with Crippen LogP contribution in [0.2, 0.25) is 0 Å². The van der Waals surface area contributed by atoms with Crippen LogP contribution in [0.3, 0.4) is 0 Å². The first-order chi connectivity index (χ1) is 6.74. The normalized spacial score (nSPS) is 13.0. The lowest BCUT2D eigenvalue weighted by Gasteiger charge is -2.03. The van der Waals surface area contributed by atoms with Crippen LogP contribution in [0.25, 0.3) is 0 Å². The van der Waals surface area contributed by atoms with E-state index in [4.69, 9.17) is 0 Å². The molecule has 2 nitrogen and oxygen atoms in total. The van der Waals surface area contributed by atoms with Gasteiger partial charge in [0.1, 0.15) is 0 Å². The van der Waals surface area contributed by atoms with Crippen LogP contribution in [0, 0.1) is 6.92 Å². The Hall–Kier alpha value is -0.190. The Morgan fingerprint density at radius 1 is 1.57 bits per heavy atom. The van der Waals surface area contributed by atoms with Gasteiger partial charge in [-0.05, 0) is 23.9 Å². The second kappa shape index (κ2) is 6.32. The Morgan fingerprint density at radius 3 is 2.93 bits per heavy atom. The fourth-order valence-corrected chi connectivity index (χ4v) is 2.65. The summed E-state index contributed by atoms with van der Waals surface area (Å²) in [6.45, 7) is 5.83. The van der Waals surface area contributed by atoms with E-state index in [0.717, 1.165) is 24.6 Å². The minimum atomic E-state index is -0.640. The van der Waals surface area contributed by atoms with Crippen LogP contribution >= 0.6 is 11.3 Å². The van der Waals surface area contributed by atoms with Crippen LogP contribution in [0.1, 0.15) is 17.4 Å². The molecule has 80 valence electrons. The third-order valence-corrected chi connectivity index (χ3v) is 4.41. The van der Waals surface area contributed by atoms with Crippen molar-refractivity contribution in [3.8, 4) is 0 Å². The maximum atomic E-state index is 11.1. The molecule has 1 aromatic heterocycles. The lowest BCUT2D eigenvalue weighted by Crippen LogP contribution is -2.20. The van der Waals surface area contributed by atoms with Gasteiger partial charge < -0.3 is 5.32 Å². The highest BCUT2D eigenvalue weighted by Gasteiger charge is 1.99. The molecule has 0 saturated carbocycles. The van der Waals surface area contributed by atoms with Gasteiger partial charge in [0.15, 0.2) is 0 Å². The van der Waals surface area contributed by atoms with E-state index < -0.39 is 10.8 Å². The maximum Gasteiger partial charge on any atom is 0.0360 e. The van der Waals surface area contributed by atoms with E-state index in [1.165, 1.54) is 10.4 Å². The SMILES string of the molecule is CCS(=O)CCNCc1sccc1C. The first-order valence-electron chi connectivity index (χ1n) is 4.82. The minimum Gasteiger partial charge on any atom is -0.311 e. The van der Waals surface area contributed by atoms with Crippen LogP contribution in [0.4, 0.5) is 0 Å². The number of nitrogens with one attached hydrogen (secondary N) is 1. The van der Waals surface area contributed by atoms with Crippen LogP contribution in [0.5, 0.6) is 0 Å². The molecule has 0 aliphatic rings. The van der Waals surface area contributed by atoms with E-state index in [9.17, 15) is 4.21 Å². The maximum absolute atomic E-state index is 11.1. The van der Waals surface area contributed by atoms with E-state index in [0.29, 0.717) is 0 Å². The van der Waals surface area contributed by atoms with Gasteiger partial charge in [-0.2, -0.15) is 0 Å². The topological polar surface area (TPSA) is 29.1 Å². The third-order valence-electron chi connectivity index (χ3n) is 2.08. The molecule has 0 bridgehead atoms. The molecule has 0 spiro atoms. The lowest BCUT2D eigenvalue weighted by atomic mass is 10.3. The summed E-state index contributed by atoms with van der Waals surface area (Å²) >= 11 is 1.78. The second-order valence-electron chi connectivity index (χ2n) is 3.14. The molecule has 14 heavy (non-hydrogen) atoms. The molecule has 1 aromatic rings. The standard InChI is InChI=1S/C10H17NOS2/c1-3-14(12)7-5-11-8-10-9(2)4-6-13-10/h4,6,11H,3,5,7-8H2,1-2H3. The smallest absolute Gasteiger partial charge is 0.0360 e. The second-order valence-corrected chi connectivity index (χ2v) is 6.00. The number of thiophene rings is 1. The summed E-state index contributed by atoms with van der Waals surface area (Å²) in [6, 6.07) is 2.13. The van der Waals surface area contributed by atoms with Crippen LogP contribution in [-0.2, 0) is 17.3 Å². The number of hydrogen-bond acceptors (Lipinski definition) is 3. The van der Waals surface area contributed by atoms with E-state index in [1.54, 1.807) is 11.3 Å². The molecule has 0 aromatic carbocycles. The molecule has 0 radical (unpaired) electrons. The zero-order valence-corrected chi connectivity index (χ0v) is 10.3. The molecular formula is C10H17NOS2. The highest BCUT2D eigenvalue weighted by atomic mass is 32.2. The van der Waals surface area contributed by atoms with Gasteiger partial charge in [-0.15, -0.1) is 11.3 Å². The fraction of sp³-hybridized carbons (Fsp3) is 0.600. The summed E-state index contributed by atoms with van der Waals surface area (Å²) in [5, 5.41) is 5.42. The summed E-state index contributed by atoms with van der Waals surface area (Å²) in [7, 11) is -0.640. The van der Waals surface area contributed by atoms with Gasteiger partial charge in [0.2, 0.25) is 0 Å². The number of hydrogen-bond donors (Lipinski definition) is 1. The zero-order chi connectivity index (χ0) is 10.4. The van der Waals surface area contributed by atoms with Gasteiger partial charge in [0.05, 0.1) is 0 Å². The third kappa shape index (κ3) is 3.90. The fourth-order valence-electron chi connectivity index (χ4n) is 1.12. The predicted octanol–water partition coefficient (Wildman–Crippen LogP) is 1.91. The van der Waals surface area contributed by atoms with E-state index in [2.05, 4.69) is 23.7 Å². The van der Waals surface area contributed by atoms with E-state index >= 15 is 0 Å². The van der Waals surface area contributed by atoms with Crippen molar-refractivity contribution in [3.05, 3.63) is 21.9 Å². The predicted molar refractivity (Wildman–Crippen MR) is 64.3 cm³/mol. The van der Waals surface area contributed by atoms with Crippen LogP contribution < -0.4 is 5.32 Å². The highest BCUT2D eigenvalue weighted by Crippen LogP contribution is 2.14. The Labute approximate surface area is 92.2 Å². The molecule has 0 saturated heterocycles. The average molecular weight is 231 g/mol. The van der Waals surface area contributed by atoms with Crippen molar-refractivity contribution < 1.29 is 4.21 Å². The number of aryl methyl sites for hydroxylation is 1. The first-order valence-corrected chi connectivity index (χ1v) is 7.19. The molecule has 1 N–H and O–H groups in total. The van der Waals surface area contributed by atoms with Crippen molar-refractivity contribution in [1.29, 1.82) is 0 Å². The van der Waals surface area contributed by atoms with Gasteiger partial charge in [0, 0.05) is 40.3 Å². The number of rotatable bonds is 6. The van der Waals surface area contributed by atoms with Gasteiger partial charge in [0.25, 0.3) is 0 Å². The monoisotopic (exact) mass is 231 g/mol. The molecule has 0 aliphatic carbocycles. The van der Waals surface area contributed by atoms with E-state index in [1.807, 2.05) is 6.92 Å². The quantitative estimate of drug-likeness (QED) is 0.758. The Balaban J connectivity index is 2.16. The molecule has 0 amide bonds. The Morgan fingerprint density at radius 2 is 2.36 bits per heavy atom. The molecule has 4 heteroatoms. The molecule has 1 rings (SSSR count). The summed E-state index contributed by atoms with van der Waals surface area (Å²) in [6.07, 6.45) is 0. The molecular weight excluding hydrogens is 214 g/mol. The van der Waals surface area contributed by atoms with Crippen molar-refractivity contribution in [3.63, 3.8) is 0 Å². The average Bonchev–Trinajstić information content (AvgIpc) is 2.58. The molecule has 1 unspecified atom stereocenters. The zero-order valence-electron chi connectivity index (χ0n) is 8.71.